The van der Waals surface area contributed by atoms with Crippen LogP contribution in [0.2, 0.25) is 0 Å². The third kappa shape index (κ3) is 1.92. The maximum absolute atomic E-state index is 11.9. The summed E-state index contributed by atoms with van der Waals surface area (Å²) in [6.45, 7) is 5.04. The van der Waals surface area contributed by atoms with E-state index in [0.717, 1.165) is 37.0 Å². The Hall–Kier alpha value is -0.370. The Morgan fingerprint density at radius 2 is 1.73 bits per heavy atom. The lowest BCUT2D eigenvalue weighted by Crippen LogP contribution is -2.54. The zero-order valence-corrected chi connectivity index (χ0v) is 14.6. The van der Waals surface area contributed by atoms with Gasteiger partial charge in [-0.1, -0.05) is 13.8 Å². The van der Waals surface area contributed by atoms with E-state index < -0.39 is 0 Å². The van der Waals surface area contributed by atoms with Crippen molar-refractivity contribution >= 4 is 5.78 Å². The molecule has 0 aliphatic heterocycles. The minimum atomic E-state index is 0.420. The van der Waals surface area contributed by atoms with E-state index in [1.54, 1.807) is 0 Å². The van der Waals surface area contributed by atoms with Crippen molar-refractivity contribution < 1.29 is 9.53 Å². The molecule has 7 atom stereocenters. The second-order valence-electron chi connectivity index (χ2n) is 9.25. The third-order valence-corrected chi connectivity index (χ3v) is 8.68. The summed E-state index contributed by atoms with van der Waals surface area (Å²) in [5, 5.41) is 0. The number of carbonyl (C=O) groups excluding carboxylic acids is 1. The molecule has 2 nitrogen and oxygen atoms in total. The van der Waals surface area contributed by atoms with Gasteiger partial charge in [0.15, 0.2) is 0 Å². The Bertz CT molecular complexity index is 472. The molecule has 0 heterocycles. The largest absolute Gasteiger partial charge is 0.381 e. The van der Waals surface area contributed by atoms with Crippen LogP contribution in [-0.4, -0.2) is 19.0 Å². The van der Waals surface area contributed by atoms with Crippen molar-refractivity contribution in [1.82, 2.24) is 0 Å². The second kappa shape index (κ2) is 5.06. The van der Waals surface area contributed by atoms with Gasteiger partial charge >= 0.3 is 0 Å². The minimum Gasteiger partial charge on any atom is -0.381 e. The molecule has 0 spiro atoms. The second-order valence-corrected chi connectivity index (χ2v) is 9.25. The van der Waals surface area contributed by atoms with Gasteiger partial charge in [0, 0.05) is 20.0 Å². The number of rotatable bonds is 1. The Labute approximate surface area is 135 Å². The zero-order valence-electron chi connectivity index (χ0n) is 14.6. The summed E-state index contributed by atoms with van der Waals surface area (Å²) in [6, 6.07) is 0. The number of hydrogen-bond donors (Lipinski definition) is 0. The summed E-state index contributed by atoms with van der Waals surface area (Å²) in [7, 11) is 1.91. The van der Waals surface area contributed by atoms with Gasteiger partial charge in [-0.15, -0.1) is 0 Å². The molecule has 0 aromatic rings. The first-order valence-corrected chi connectivity index (χ1v) is 9.53. The fourth-order valence-electron chi connectivity index (χ4n) is 7.38. The molecule has 4 saturated carbocycles. The fourth-order valence-corrected chi connectivity index (χ4v) is 7.38. The van der Waals surface area contributed by atoms with Crippen molar-refractivity contribution in [1.29, 1.82) is 0 Å². The molecule has 124 valence electrons. The van der Waals surface area contributed by atoms with E-state index >= 15 is 0 Å². The molecule has 0 aromatic carbocycles. The average Bonchev–Trinajstić information content (AvgIpc) is 2.84. The maximum atomic E-state index is 11.9. The monoisotopic (exact) mass is 304 g/mol. The SMILES string of the molecule is CO[C@@H]1CCC2[C@H]3CCC4CC(=O)CC[C@@]4(C)C3CC[C@]21C. The van der Waals surface area contributed by atoms with Crippen molar-refractivity contribution in [2.75, 3.05) is 7.11 Å². The molecule has 4 aliphatic rings. The van der Waals surface area contributed by atoms with Crippen LogP contribution in [0.5, 0.6) is 0 Å². The van der Waals surface area contributed by atoms with E-state index in [1.807, 2.05) is 7.11 Å². The van der Waals surface area contributed by atoms with Gasteiger partial charge in [0.05, 0.1) is 6.10 Å². The van der Waals surface area contributed by atoms with Crippen molar-refractivity contribution in [3.05, 3.63) is 0 Å². The van der Waals surface area contributed by atoms with Gasteiger partial charge in [-0.05, 0) is 79.4 Å². The van der Waals surface area contributed by atoms with Gasteiger partial charge in [-0.25, -0.2) is 0 Å². The standard InChI is InChI=1S/C20H32O2/c1-19-10-8-14(21)12-13(19)4-5-15-16-6-7-18(22-3)20(16,2)11-9-17(15)19/h13,15-18H,4-12H2,1-3H3/t13?,15-,16?,17?,18-,19-,20-/m1/s1. The van der Waals surface area contributed by atoms with Gasteiger partial charge in [0.25, 0.3) is 0 Å². The van der Waals surface area contributed by atoms with Gasteiger partial charge in [0.1, 0.15) is 5.78 Å². The smallest absolute Gasteiger partial charge is 0.133 e. The number of ether oxygens (including phenoxy) is 1. The number of methoxy groups -OCH3 is 1. The highest BCUT2D eigenvalue weighted by atomic mass is 16.5. The first-order valence-electron chi connectivity index (χ1n) is 9.53. The van der Waals surface area contributed by atoms with Crippen molar-refractivity contribution in [3.63, 3.8) is 0 Å². The highest BCUT2D eigenvalue weighted by molar-refractivity contribution is 5.79. The van der Waals surface area contributed by atoms with E-state index in [0.29, 0.717) is 28.6 Å². The van der Waals surface area contributed by atoms with Crippen LogP contribution in [0.15, 0.2) is 0 Å². The van der Waals surface area contributed by atoms with Crippen molar-refractivity contribution in [3.8, 4) is 0 Å². The number of Topliss-reactive ketones (excluding diaryl/α,β-unsaturated/α-hetero) is 1. The van der Waals surface area contributed by atoms with Crippen LogP contribution < -0.4 is 0 Å². The van der Waals surface area contributed by atoms with Gasteiger partial charge < -0.3 is 4.74 Å². The molecule has 0 radical (unpaired) electrons. The van der Waals surface area contributed by atoms with E-state index in [2.05, 4.69) is 13.8 Å². The van der Waals surface area contributed by atoms with E-state index in [-0.39, 0.29) is 0 Å². The molecule has 0 bridgehead atoms. The lowest BCUT2D eigenvalue weighted by Gasteiger charge is -2.60. The van der Waals surface area contributed by atoms with Crippen molar-refractivity contribution in [2.24, 2.45) is 34.5 Å². The number of carbonyl (C=O) groups is 1. The van der Waals surface area contributed by atoms with Crippen LogP contribution in [0.3, 0.4) is 0 Å². The fraction of sp³-hybridized carbons (Fsp3) is 0.950. The molecule has 2 heteroatoms. The number of hydrogen-bond acceptors (Lipinski definition) is 2. The molecule has 0 aromatic heterocycles. The first-order chi connectivity index (χ1) is 10.5. The summed E-state index contributed by atoms with van der Waals surface area (Å²) in [6.07, 6.45) is 11.4. The maximum Gasteiger partial charge on any atom is 0.133 e. The predicted molar refractivity (Wildman–Crippen MR) is 87.5 cm³/mol. The van der Waals surface area contributed by atoms with Crippen LogP contribution in [-0.2, 0) is 9.53 Å². The highest BCUT2D eigenvalue weighted by Gasteiger charge is 2.60. The van der Waals surface area contributed by atoms with Crippen LogP contribution >= 0.6 is 0 Å². The highest BCUT2D eigenvalue weighted by Crippen LogP contribution is 2.66. The molecule has 3 unspecified atom stereocenters. The van der Waals surface area contributed by atoms with E-state index in [1.165, 1.54) is 38.5 Å². The molecular weight excluding hydrogens is 272 g/mol. The van der Waals surface area contributed by atoms with Crippen molar-refractivity contribution in [2.45, 2.75) is 77.7 Å². The molecule has 22 heavy (non-hydrogen) atoms. The lowest BCUT2D eigenvalue weighted by molar-refractivity contribution is -0.143. The van der Waals surface area contributed by atoms with Crippen LogP contribution in [0.25, 0.3) is 0 Å². The topological polar surface area (TPSA) is 26.3 Å². The lowest BCUT2D eigenvalue weighted by atomic mass is 9.45. The summed E-state index contributed by atoms with van der Waals surface area (Å²) < 4.78 is 5.86. The Morgan fingerprint density at radius 3 is 2.50 bits per heavy atom. The molecule has 0 amide bonds. The summed E-state index contributed by atoms with van der Waals surface area (Å²) in [4.78, 5) is 11.9. The molecule has 0 saturated heterocycles. The van der Waals surface area contributed by atoms with Crippen LogP contribution in [0, 0.1) is 34.5 Å². The normalized spacial score (nSPS) is 54.5. The first kappa shape index (κ1) is 15.2. The molecule has 4 rings (SSSR count). The molecule has 4 fully saturated rings. The van der Waals surface area contributed by atoms with Crippen LogP contribution in [0.4, 0.5) is 0 Å². The summed E-state index contributed by atoms with van der Waals surface area (Å²) >= 11 is 0. The summed E-state index contributed by atoms with van der Waals surface area (Å²) in [5.74, 6) is 3.84. The number of fused-ring (bicyclic) bond motifs is 5. The Balaban J connectivity index is 1.62. The van der Waals surface area contributed by atoms with E-state index in [4.69, 9.17) is 4.74 Å². The van der Waals surface area contributed by atoms with Crippen LogP contribution in [0.1, 0.15) is 71.6 Å². The predicted octanol–water partition coefficient (Wildman–Crippen LogP) is 4.61. The number of ketones is 1. The molecular formula is C20H32O2. The average molecular weight is 304 g/mol. The van der Waals surface area contributed by atoms with Gasteiger partial charge in [-0.3, -0.25) is 4.79 Å². The zero-order chi connectivity index (χ0) is 15.5. The minimum absolute atomic E-state index is 0.420. The quantitative estimate of drug-likeness (QED) is 0.707. The molecule has 0 N–H and O–H groups in total. The van der Waals surface area contributed by atoms with Gasteiger partial charge in [-0.2, -0.15) is 0 Å². The summed E-state index contributed by atoms with van der Waals surface area (Å²) in [5.41, 5.74) is 0.868. The Morgan fingerprint density at radius 1 is 0.955 bits per heavy atom. The Kier molecular flexibility index (Phi) is 3.49. The van der Waals surface area contributed by atoms with E-state index in [9.17, 15) is 4.79 Å². The molecule has 4 aliphatic carbocycles. The third-order valence-electron chi connectivity index (χ3n) is 8.68. The van der Waals surface area contributed by atoms with Gasteiger partial charge in [0.2, 0.25) is 0 Å².